The van der Waals surface area contributed by atoms with E-state index in [1.165, 1.54) is 28.1 Å². The van der Waals surface area contributed by atoms with E-state index in [9.17, 15) is 0 Å². The Balaban J connectivity index is 1.91. The maximum atomic E-state index is 8.64. The molecule has 0 radical (unpaired) electrons. The van der Waals surface area contributed by atoms with Crippen LogP contribution in [0.15, 0.2) is 78.9 Å². The van der Waals surface area contributed by atoms with E-state index in [4.69, 9.17) is 3.56 Å². The largest absolute Gasteiger partial charge is 0.378 e. The first-order chi connectivity index (χ1) is 14.4. The van der Waals surface area contributed by atoms with Gasteiger partial charge in [0.2, 0.25) is 0 Å². The molecule has 3 rings (SSSR count). The first-order valence-electron chi connectivity index (χ1n) is 10.2. The van der Waals surface area contributed by atoms with Crippen molar-refractivity contribution in [1.29, 1.82) is 3.56 Å². The molecule has 0 unspecified atom stereocenters. The summed E-state index contributed by atoms with van der Waals surface area (Å²) in [5, 5.41) is 0. The molecule has 3 aromatic carbocycles. The molecule has 0 saturated carbocycles. The Bertz CT molecular complexity index is 882. The van der Waals surface area contributed by atoms with E-state index in [2.05, 4.69) is 117 Å². The lowest BCUT2D eigenvalue weighted by molar-refractivity contribution is -0.796. The molecule has 0 aliphatic heterocycles. The van der Waals surface area contributed by atoms with Crippen molar-refractivity contribution < 1.29 is 2.70 Å². The van der Waals surface area contributed by atoms with Gasteiger partial charge in [-0.15, -0.1) is 0 Å². The van der Waals surface area contributed by atoms with Gasteiger partial charge in [0.25, 0.3) is 21.3 Å². The molecule has 0 atom stereocenters. The Morgan fingerprint density at radius 2 is 0.967 bits per heavy atom. The van der Waals surface area contributed by atoms with Gasteiger partial charge < -0.3 is 9.80 Å². The first kappa shape index (κ1) is 22.4. The molecule has 0 heterocycles. The Morgan fingerprint density at radius 3 is 1.30 bits per heavy atom. The van der Waals surface area contributed by atoms with Gasteiger partial charge in [0.1, 0.15) is 19.6 Å². The third-order valence-electron chi connectivity index (χ3n) is 5.33. The van der Waals surface area contributed by atoms with Crippen molar-refractivity contribution in [3.63, 3.8) is 0 Å². The topological polar surface area (TPSA) is 30.3 Å². The van der Waals surface area contributed by atoms with Crippen molar-refractivity contribution in [2.75, 3.05) is 38.0 Å². The van der Waals surface area contributed by atoms with E-state index in [0.717, 1.165) is 22.3 Å². The van der Waals surface area contributed by atoms with Crippen LogP contribution in [0.2, 0.25) is 0 Å². The molecule has 0 fully saturated rings. The van der Waals surface area contributed by atoms with Gasteiger partial charge in [0.05, 0.1) is 0 Å². The van der Waals surface area contributed by atoms with Crippen LogP contribution in [0.25, 0.3) is 0 Å². The minimum atomic E-state index is -0.797. The number of anilines is 2. The summed E-state index contributed by atoms with van der Waals surface area (Å²) < 4.78 is 9.43. The van der Waals surface area contributed by atoms with Crippen LogP contribution in [0.3, 0.4) is 0 Å². The smallest absolute Gasteiger partial charge is 0.267 e. The molecule has 0 spiro atoms. The molecule has 3 aromatic rings. The van der Waals surface area contributed by atoms with Crippen LogP contribution in [-0.2, 0) is 19.6 Å². The molecular weight excluding hydrogens is 483 g/mol. The second-order valence-corrected chi connectivity index (χ2v) is 10.7. The molecule has 158 valence electrons. The lowest BCUT2D eigenvalue weighted by Gasteiger charge is -2.33. The Labute approximate surface area is 191 Å². The number of nitrogens with zero attached hydrogens (tertiary/aromatic N) is 3. The number of rotatable bonds is 9. The minimum Gasteiger partial charge on any atom is -0.378 e. The summed E-state index contributed by atoms with van der Waals surface area (Å²) in [5.74, 6) is 0. The third kappa shape index (κ3) is 5.89. The highest BCUT2D eigenvalue weighted by Gasteiger charge is 2.29. The Morgan fingerprint density at radius 1 is 0.600 bits per heavy atom. The zero-order chi connectivity index (χ0) is 21.6. The summed E-state index contributed by atoms with van der Waals surface area (Å²) in [5.41, 5.74) is 6.32. The fraction of sp³-hybridized carbons (Fsp3) is 0.280. The molecule has 30 heavy (non-hydrogen) atoms. The number of halogens is 1. The van der Waals surface area contributed by atoms with Gasteiger partial charge >= 0.3 is 0 Å². The fourth-order valence-electron chi connectivity index (χ4n) is 3.62. The number of benzene rings is 3. The Hall–Kier alpha value is -2.25. The van der Waals surface area contributed by atoms with E-state index in [0.29, 0.717) is 0 Å². The molecule has 4 nitrogen and oxygen atoms in total. The van der Waals surface area contributed by atoms with Crippen molar-refractivity contribution in [2.24, 2.45) is 0 Å². The van der Waals surface area contributed by atoms with E-state index in [-0.39, 0.29) is 0 Å². The van der Waals surface area contributed by atoms with Crippen LogP contribution in [0.4, 0.5) is 11.4 Å². The van der Waals surface area contributed by atoms with Crippen LogP contribution in [-0.4, -0.2) is 30.9 Å². The summed E-state index contributed by atoms with van der Waals surface area (Å²) in [7, 11) is 8.27. The zero-order valence-electron chi connectivity index (χ0n) is 18.3. The number of nitrogens with one attached hydrogen (secondary N) is 1. The van der Waals surface area contributed by atoms with Gasteiger partial charge in [-0.25, -0.2) is 6.26 Å². The maximum Gasteiger partial charge on any atom is 0.267 e. The van der Waals surface area contributed by atoms with Gasteiger partial charge in [-0.3, -0.25) is 0 Å². The monoisotopic (exact) mass is 515 g/mol. The summed E-state index contributed by atoms with van der Waals surface area (Å²) in [6.45, 7) is 2.66. The van der Waals surface area contributed by atoms with Crippen molar-refractivity contribution in [3.05, 3.63) is 95.6 Å². The van der Waals surface area contributed by atoms with E-state index >= 15 is 0 Å². The van der Waals surface area contributed by atoms with Gasteiger partial charge in [-0.2, -0.15) is 0 Å². The highest BCUT2D eigenvalue weighted by atomic mass is 127. The van der Waals surface area contributed by atoms with Crippen molar-refractivity contribution >= 4 is 32.7 Å². The van der Waals surface area contributed by atoms with Crippen molar-refractivity contribution in [3.8, 4) is 0 Å². The standard InChI is InChI=1S/C25H32IN4/c1-28(2)24-14-10-22(11-15-24)19-30(26-27,18-21-8-6-5-7-9-21)20-23-12-16-25(17-13-23)29(3)4/h5-17,27H,18-20H2,1-4H3/q+1. The molecule has 0 aliphatic rings. The molecule has 5 heteroatoms. The third-order valence-corrected chi connectivity index (χ3v) is 7.37. The summed E-state index contributed by atoms with van der Waals surface area (Å²) >= 11 is -0.797. The Kier molecular flexibility index (Phi) is 7.61. The van der Waals surface area contributed by atoms with Crippen LogP contribution in [0.5, 0.6) is 0 Å². The number of quaternary nitrogens is 1. The minimum absolute atomic E-state index is 0.783. The van der Waals surface area contributed by atoms with Gasteiger partial charge in [0, 0.05) is 56.3 Å². The van der Waals surface area contributed by atoms with Gasteiger partial charge in [-0.1, -0.05) is 54.6 Å². The van der Waals surface area contributed by atoms with E-state index in [1.54, 1.807) is 0 Å². The fourth-order valence-corrected chi connectivity index (χ4v) is 5.31. The second kappa shape index (κ2) is 10.2. The van der Waals surface area contributed by atoms with E-state index < -0.39 is 21.3 Å². The summed E-state index contributed by atoms with van der Waals surface area (Å²) in [6.07, 6.45) is 0. The second-order valence-electron chi connectivity index (χ2n) is 8.20. The molecule has 0 saturated heterocycles. The first-order valence-corrected chi connectivity index (χ1v) is 12.2. The van der Waals surface area contributed by atoms with Gasteiger partial charge in [-0.05, 0) is 24.3 Å². The van der Waals surface area contributed by atoms with E-state index in [1.807, 2.05) is 0 Å². The van der Waals surface area contributed by atoms with Crippen molar-refractivity contribution in [2.45, 2.75) is 19.6 Å². The van der Waals surface area contributed by atoms with Crippen LogP contribution >= 0.6 is 21.3 Å². The average molecular weight is 515 g/mol. The molecule has 0 amide bonds. The predicted octanol–water partition coefficient (Wildman–Crippen LogP) is 6.18. The average Bonchev–Trinajstić information content (AvgIpc) is 2.75. The quantitative estimate of drug-likeness (QED) is 0.272. The zero-order valence-corrected chi connectivity index (χ0v) is 20.5. The summed E-state index contributed by atoms with van der Waals surface area (Å²) in [6, 6.07) is 28.3. The molecule has 0 bridgehead atoms. The van der Waals surface area contributed by atoms with Crippen molar-refractivity contribution in [1.82, 2.24) is 0 Å². The number of hydrogen-bond acceptors (Lipinski definition) is 3. The summed E-state index contributed by atoms with van der Waals surface area (Å²) in [4.78, 5) is 4.25. The number of hydrogen-bond donors (Lipinski definition) is 1. The lowest BCUT2D eigenvalue weighted by Crippen LogP contribution is -2.36. The van der Waals surface area contributed by atoms with Gasteiger partial charge in [0.15, 0.2) is 0 Å². The molecule has 0 aromatic heterocycles. The molecule has 0 aliphatic carbocycles. The highest BCUT2D eigenvalue weighted by molar-refractivity contribution is 14.1. The SMILES string of the molecule is CN(C)c1ccc(C[N+](Cc2ccccc2)(Cc2ccc(N(C)C)cc2)I=N)cc1. The maximum absolute atomic E-state index is 8.64. The van der Waals surface area contributed by atoms with Crippen LogP contribution in [0, 0.1) is 3.56 Å². The van der Waals surface area contributed by atoms with Crippen LogP contribution in [0.1, 0.15) is 16.7 Å². The van der Waals surface area contributed by atoms with Crippen LogP contribution < -0.4 is 9.80 Å². The molecule has 1 N–H and O–H groups in total. The normalized spacial score (nSPS) is 11.3. The predicted molar refractivity (Wildman–Crippen MR) is 136 cm³/mol. The lowest BCUT2D eigenvalue weighted by atomic mass is 10.1. The highest BCUT2D eigenvalue weighted by Crippen LogP contribution is 2.33. The molecular formula is C25H32IN4+.